The second kappa shape index (κ2) is 5.16. The topological polar surface area (TPSA) is 96.4 Å². The van der Waals surface area contributed by atoms with Gasteiger partial charge < -0.3 is 21.1 Å². The Morgan fingerprint density at radius 1 is 1.56 bits per heavy atom. The fourth-order valence-corrected chi connectivity index (χ4v) is 2.46. The highest BCUT2D eigenvalue weighted by Gasteiger charge is 2.21. The zero-order valence-corrected chi connectivity index (χ0v) is 10.5. The molecule has 7 nitrogen and oxygen atoms in total. The fraction of sp³-hybridized carbons (Fsp3) is 0.636. The monoisotopic (exact) mass is 253 g/mol. The van der Waals surface area contributed by atoms with Crippen LogP contribution in [0.15, 0.2) is 6.20 Å². The van der Waals surface area contributed by atoms with Crippen LogP contribution in [-0.2, 0) is 7.05 Å². The average Bonchev–Trinajstić information content (AvgIpc) is 2.52. The van der Waals surface area contributed by atoms with Crippen molar-refractivity contribution in [3.05, 3.63) is 6.20 Å². The Balaban J connectivity index is 2.03. The molecule has 0 saturated carbocycles. The van der Waals surface area contributed by atoms with Gasteiger partial charge in [-0.3, -0.25) is 4.68 Å². The number of hydrogen-bond acceptors (Lipinski definition) is 4. The maximum Gasteiger partial charge on any atom is 0.404 e. The highest BCUT2D eigenvalue weighted by molar-refractivity contribution is 5.65. The summed E-state index contributed by atoms with van der Waals surface area (Å²) in [7, 11) is 1.86. The predicted molar refractivity (Wildman–Crippen MR) is 68.6 cm³/mol. The lowest BCUT2D eigenvalue weighted by molar-refractivity contribution is 0.188. The van der Waals surface area contributed by atoms with E-state index in [1.807, 2.05) is 7.05 Å². The lowest BCUT2D eigenvalue weighted by atomic mass is 10.1. The fourth-order valence-electron chi connectivity index (χ4n) is 2.46. The van der Waals surface area contributed by atoms with Crippen molar-refractivity contribution in [2.75, 3.05) is 23.7 Å². The number of aryl methyl sites for hydroxylation is 1. The quantitative estimate of drug-likeness (QED) is 0.718. The molecular weight excluding hydrogens is 234 g/mol. The number of nitrogens with zero attached hydrogens (tertiary/aromatic N) is 3. The molecule has 0 radical (unpaired) electrons. The van der Waals surface area contributed by atoms with E-state index >= 15 is 0 Å². The summed E-state index contributed by atoms with van der Waals surface area (Å²) in [5.41, 5.74) is 6.57. The second-order valence-electron chi connectivity index (χ2n) is 4.61. The minimum atomic E-state index is -0.950. The molecule has 1 aliphatic heterocycles. The molecule has 0 aliphatic carbocycles. The first-order valence-electron chi connectivity index (χ1n) is 6.10. The number of rotatable bonds is 2. The predicted octanol–water partition coefficient (Wildman–Crippen LogP) is 0.629. The van der Waals surface area contributed by atoms with Crippen molar-refractivity contribution in [1.29, 1.82) is 0 Å². The molecule has 1 aromatic heterocycles. The van der Waals surface area contributed by atoms with Crippen LogP contribution in [0.2, 0.25) is 0 Å². The highest BCUT2D eigenvalue weighted by atomic mass is 16.4. The zero-order chi connectivity index (χ0) is 13.1. The Hall–Kier alpha value is -1.92. The van der Waals surface area contributed by atoms with Crippen molar-refractivity contribution < 1.29 is 9.90 Å². The normalized spacial score (nSPS) is 20.5. The van der Waals surface area contributed by atoms with Crippen LogP contribution >= 0.6 is 0 Å². The molecule has 1 atom stereocenters. The van der Waals surface area contributed by atoms with E-state index in [9.17, 15) is 4.79 Å². The van der Waals surface area contributed by atoms with Gasteiger partial charge in [0, 0.05) is 26.2 Å². The molecule has 1 aliphatic rings. The highest BCUT2D eigenvalue weighted by Crippen LogP contribution is 2.24. The maximum atomic E-state index is 10.6. The van der Waals surface area contributed by atoms with E-state index in [1.54, 1.807) is 10.9 Å². The molecule has 0 spiro atoms. The van der Waals surface area contributed by atoms with Crippen molar-refractivity contribution in [2.24, 2.45) is 7.05 Å². The van der Waals surface area contributed by atoms with Crippen molar-refractivity contribution >= 4 is 17.6 Å². The Morgan fingerprint density at radius 2 is 2.33 bits per heavy atom. The molecule has 7 heteroatoms. The van der Waals surface area contributed by atoms with Crippen LogP contribution in [-0.4, -0.2) is 40.1 Å². The largest absolute Gasteiger partial charge is 0.465 e. The van der Waals surface area contributed by atoms with Crippen LogP contribution in [0.25, 0.3) is 0 Å². The van der Waals surface area contributed by atoms with Crippen molar-refractivity contribution in [1.82, 2.24) is 15.1 Å². The standard InChI is InChI=1S/C11H19N5O2/c1-15-10(9(12)7-13-15)16-5-2-3-8(4-6-16)14-11(17)18/h7-8,14H,2-6,12H2,1H3,(H,17,18). The van der Waals surface area contributed by atoms with Gasteiger partial charge in [0.2, 0.25) is 0 Å². The van der Waals surface area contributed by atoms with Crippen molar-refractivity contribution in [3.63, 3.8) is 0 Å². The molecule has 1 saturated heterocycles. The number of nitrogens with two attached hydrogens (primary N) is 1. The van der Waals surface area contributed by atoms with Crippen LogP contribution in [0, 0.1) is 0 Å². The Labute approximate surface area is 106 Å². The van der Waals surface area contributed by atoms with Crippen LogP contribution in [0.3, 0.4) is 0 Å². The second-order valence-corrected chi connectivity index (χ2v) is 4.61. The molecule has 2 heterocycles. The smallest absolute Gasteiger partial charge is 0.404 e. The molecule has 1 unspecified atom stereocenters. The number of amides is 1. The van der Waals surface area contributed by atoms with Crippen molar-refractivity contribution in [3.8, 4) is 0 Å². The number of carbonyl (C=O) groups is 1. The van der Waals surface area contributed by atoms with Gasteiger partial charge in [-0.2, -0.15) is 5.10 Å². The van der Waals surface area contributed by atoms with Crippen LogP contribution in [0.1, 0.15) is 19.3 Å². The minimum Gasteiger partial charge on any atom is -0.465 e. The summed E-state index contributed by atoms with van der Waals surface area (Å²) in [5.74, 6) is 0.922. The zero-order valence-electron chi connectivity index (χ0n) is 10.5. The summed E-state index contributed by atoms with van der Waals surface area (Å²) in [6.45, 7) is 1.66. The lowest BCUT2D eigenvalue weighted by Gasteiger charge is -2.23. The maximum absolute atomic E-state index is 10.6. The van der Waals surface area contributed by atoms with Gasteiger partial charge in [0.25, 0.3) is 0 Å². The number of anilines is 2. The van der Waals surface area contributed by atoms with Gasteiger partial charge in [-0.1, -0.05) is 0 Å². The first-order chi connectivity index (χ1) is 8.58. The minimum absolute atomic E-state index is 0.0296. The summed E-state index contributed by atoms with van der Waals surface area (Å²) >= 11 is 0. The van der Waals surface area contributed by atoms with Gasteiger partial charge in [-0.15, -0.1) is 0 Å². The van der Waals surface area contributed by atoms with E-state index in [1.165, 1.54) is 0 Å². The number of carboxylic acid groups (broad SMARTS) is 1. The third-order valence-corrected chi connectivity index (χ3v) is 3.29. The van der Waals surface area contributed by atoms with Gasteiger partial charge in [-0.05, 0) is 19.3 Å². The van der Waals surface area contributed by atoms with Gasteiger partial charge in [0.15, 0.2) is 0 Å². The Kier molecular flexibility index (Phi) is 3.59. The average molecular weight is 253 g/mol. The van der Waals surface area contributed by atoms with Gasteiger partial charge in [0.1, 0.15) is 5.82 Å². The summed E-state index contributed by atoms with van der Waals surface area (Å²) < 4.78 is 1.76. The molecule has 1 fully saturated rings. The number of hydrogen-bond donors (Lipinski definition) is 3. The van der Waals surface area contributed by atoms with Crippen molar-refractivity contribution in [2.45, 2.75) is 25.3 Å². The molecule has 0 bridgehead atoms. The first-order valence-corrected chi connectivity index (χ1v) is 6.10. The van der Waals surface area contributed by atoms with E-state index in [4.69, 9.17) is 10.8 Å². The molecule has 2 rings (SSSR count). The number of aromatic nitrogens is 2. The molecule has 0 aromatic carbocycles. The first kappa shape index (κ1) is 12.5. The van der Waals surface area contributed by atoms with E-state index in [0.29, 0.717) is 5.69 Å². The molecule has 1 aromatic rings. The summed E-state index contributed by atoms with van der Waals surface area (Å²) in [6, 6.07) is 0.0296. The van der Waals surface area contributed by atoms with E-state index in [2.05, 4.69) is 15.3 Å². The van der Waals surface area contributed by atoms with Gasteiger partial charge in [-0.25, -0.2) is 4.79 Å². The molecule has 100 valence electrons. The van der Waals surface area contributed by atoms with Crippen LogP contribution in [0.5, 0.6) is 0 Å². The third-order valence-electron chi connectivity index (χ3n) is 3.29. The molecular formula is C11H19N5O2. The SMILES string of the molecule is Cn1ncc(N)c1N1CCCC(NC(=O)O)CC1. The van der Waals surface area contributed by atoms with E-state index in [0.717, 1.165) is 38.2 Å². The molecule has 1 amide bonds. The van der Waals surface area contributed by atoms with E-state index < -0.39 is 6.09 Å². The van der Waals surface area contributed by atoms with Gasteiger partial charge in [0.05, 0.1) is 11.9 Å². The third kappa shape index (κ3) is 2.66. The lowest BCUT2D eigenvalue weighted by Crippen LogP contribution is -2.34. The molecule has 4 N–H and O–H groups in total. The summed E-state index contributed by atoms with van der Waals surface area (Å²) in [5, 5.41) is 15.4. The van der Waals surface area contributed by atoms with Crippen LogP contribution in [0.4, 0.5) is 16.3 Å². The summed E-state index contributed by atoms with van der Waals surface area (Å²) in [4.78, 5) is 12.8. The summed E-state index contributed by atoms with van der Waals surface area (Å²) in [6.07, 6.45) is 3.29. The van der Waals surface area contributed by atoms with Crippen LogP contribution < -0.4 is 16.0 Å². The Bertz CT molecular complexity index is 412. The Morgan fingerprint density at radius 3 is 2.94 bits per heavy atom. The number of nitrogens with one attached hydrogen (secondary N) is 1. The van der Waals surface area contributed by atoms with Gasteiger partial charge >= 0.3 is 6.09 Å². The molecule has 18 heavy (non-hydrogen) atoms. The van der Waals surface area contributed by atoms with E-state index in [-0.39, 0.29) is 6.04 Å². The number of nitrogen functional groups attached to an aromatic ring is 1.